The number of rotatable bonds is 5. The van der Waals surface area contributed by atoms with E-state index in [4.69, 9.17) is 35.4 Å². The van der Waals surface area contributed by atoms with Gasteiger partial charge in [0.2, 0.25) is 11.6 Å². The van der Waals surface area contributed by atoms with Crippen molar-refractivity contribution in [3.05, 3.63) is 86.9 Å². The zero-order valence-electron chi connectivity index (χ0n) is 17.4. The Hall–Kier alpha value is -3.41. The van der Waals surface area contributed by atoms with E-state index in [9.17, 15) is 27.2 Å². The fourth-order valence-corrected chi connectivity index (χ4v) is 3.57. The lowest BCUT2D eigenvalue weighted by molar-refractivity contribution is 0.0965. The molecule has 2 amide bonds. The number of amides is 2. The van der Waals surface area contributed by atoms with Crippen LogP contribution in [-0.2, 0) is 0 Å². The molecular weight excluding hydrogens is 533 g/mol. The number of thiocarbonyl (C=S) groups is 1. The third kappa shape index (κ3) is 5.81. The molecule has 3 rings (SSSR count). The van der Waals surface area contributed by atoms with Crippen molar-refractivity contribution in [1.82, 2.24) is 5.32 Å². The van der Waals surface area contributed by atoms with Crippen LogP contribution in [0, 0.1) is 23.3 Å². The Kier molecular flexibility index (Phi) is 8.15. The first-order valence-electron chi connectivity index (χ1n) is 9.42. The van der Waals surface area contributed by atoms with E-state index in [1.54, 1.807) is 6.07 Å². The van der Waals surface area contributed by atoms with Gasteiger partial charge in [0.15, 0.2) is 22.5 Å². The van der Waals surface area contributed by atoms with Gasteiger partial charge in [0.25, 0.3) is 11.8 Å². The van der Waals surface area contributed by atoms with Crippen molar-refractivity contribution in [2.75, 3.05) is 17.7 Å². The molecule has 0 aliphatic carbocycles. The topological polar surface area (TPSA) is 79.5 Å². The normalized spacial score (nSPS) is 10.5. The molecule has 3 aromatic carbocycles. The minimum absolute atomic E-state index is 0.138. The summed E-state index contributed by atoms with van der Waals surface area (Å²) in [4.78, 5) is 24.7. The second kappa shape index (κ2) is 10.9. The van der Waals surface area contributed by atoms with E-state index in [2.05, 4.69) is 15.4 Å². The van der Waals surface area contributed by atoms with Crippen LogP contribution < -0.4 is 20.7 Å². The highest BCUT2D eigenvalue weighted by Gasteiger charge is 2.30. The van der Waals surface area contributed by atoms with E-state index in [0.29, 0.717) is 10.7 Å². The molecule has 0 aliphatic heterocycles. The monoisotopic (exact) mass is 545 g/mol. The molecule has 6 nitrogen and oxygen atoms in total. The number of carbonyl (C=O) groups excluding carboxylic acids is 2. The molecule has 0 unspecified atom stereocenters. The van der Waals surface area contributed by atoms with Gasteiger partial charge in [-0.3, -0.25) is 14.9 Å². The highest BCUT2D eigenvalue weighted by atomic mass is 35.5. The van der Waals surface area contributed by atoms with Crippen molar-refractivity contribution >= 4 is 63.7 Å². The van der Waals surface area contributed by atoms with Gasteiger partial charge in [-0.25, -0.2) is 8.78 Å². The van der Waals surface area contributed by atoms with Crippen molar-refractivity contribution in [2.45, 2.75) is 0 Å². The number of ether oxygens (including phenoxy) is 1. The zero-order chi connectivity index (χ0) is 25.9. The Labute approximate surface area is 211 Å². The molecule has 0 aromatic heterocycles. The summed E-state index contributed by atoms with van der Waals surface area (Å²) in [5.74, 6) is -11.0. The number of benzene rings is 3. The molecule has 35 heavy (non-hydrogen) atoms. The molecule has 13 heteroatoms. The Balaban J connectivity index is 1.72. The summed E-state index contributed by atoms with van der Waals surface area (Å²) in [6, 6.07) is 10.3. The van der Waals surface area contributed by atoms with E-state index < -0.39 is 51.5 Å². The second-order valence-electron chi connectivity index (χ2n) is 6.73. The van der Waals surface area contributed by atoms with Gasteiger partial charge in [0, 0.05) is 16.4 Å². The van der Waals surface area contributed by atoms with Crippen molar-refractivity contribution < 1.29 is 31.9 Å². The maximum absolute atomic E-state index is 14.1. The van der Waals surface area contributed by atoms with Crippen LogP contribution in [0.5, 0.6) is 5.75 Å². The standard InChI is InChI=1S/C22H13Cl2F4N3O3S/c1-34-19-17(27)15(25)14(16(26)18(19)28)21(33)31-22(35)30-11-4-2-3-10(8-11)29-20(32)12-6-5-9(23)7-13(12)24/h2-8H,1H3,(H,29,32)(H2,30,31,33,35). The molecule has 0 spiro atoms. The summed E-state index contributed by atoms with van der Waals surface area (Å²) < 4.78 is 60.3. The molecule has 0 fully saturated rings. The average molecular weight is 546 g/mol. The van der Waals surface area contributed by atoms with Gasteiger partial charge in [0.05, 0.1) is 17.7 Å². The summed E-state index contributed by atoms with van der Waals surface area (Å²) in [6.07, 6.45) is 0. The number of nitrogens with one attached hydrogen (secondary N) is 3. The van der Waals surface area contributed by atoms with Gasteiger partial charge in [-0.15, -0.1) is 0 Å². The molecule has 0 aliphatic rings. The maximum Gasteiger partial charge on any atom is 0.263 e. The first-order chi connectivity index (χ1) is 16.5. The number of hydrogen-bond donors (Lipinski definition) is 3. The summed E-state index contributed by atoms with van der Waals surface area (Å²) in [5.41, 5.74) is -0.800. The number of carbonyl (C=O) groups is 2. The van der Waals surface area contributed by atoms with E-state index in [1.165, 1.54) is 36.4 Å². The van der Waals surface area contributed by atoms with Crippen molar-refractivity contribution in [3.63, 3.8) is 0 Å². The maximum atomic E-state index is 14.1. The minimum atomic E-state index is -1.95. The molecule has 0 bridgehead atoms. The van der Waals surface area contributed by atoms with Crippen LogP contribution in [0.25, 0.3) is 0 Å². The van der Waals surface area contributed by atoms with E-state index in [0.717, 1.165) is 7.11 Å². The molecule has 3 N–H and O–H groups in total. The Morgan fingerprint density at radius 3 is 2.03 bits per heavy atom. The first kappa shape index (κ1) is 26.2. The molecule has 0 saturated carbocycles. The Morgan fingerprint density at radius 2 is 1.46 bits per heavy atom. The van der Waals surface area contributed by atoms with E-state index in [-0.39, 0.29) is 16.3 Å². The molecule has 182 valence electrons. The molecule has 3 aromatic rings. The number of methoxy groups -OCH3 is 1. The van der Waals surface area contributed by atoms with Crippen LogP contribution in [0.4, 0.5) is 28.9 Å². The third-order valence-corrected chi connectivity index (χ3v) is 5.19. The van der Waals surface area contributed by atoms with Gasteiger partial charge in [-0.1, -0.05) is 29.3 Å². The van der Waals surface area contributed by atoms with Gasteiger partial charge in [0.1, 0.15) is 5.56 Å². The number of anilines is 2. The van der Waals surface area contributed by atoms with Gasteiger partial charge in [-0.2, -0.15) is 8.78 Å². The predicted octanol–water partition coefficient (Wildman–Crippen LogP) is 5.94. The predicted molar refractivity (Wildman–Crippen MR) is 127 cm³/mol. The quantitative estimate of drug-likeness (QED) is 0.210. The molecule has 0 atom stereocenters. The highest BCUT2D eigenvalue weighted by Crippen LogP contribution is 2.30. The summed E-state index contributed by atoms with van der Waals surface area (Å²) in [5, 5.41) is 7.13. The van der Waals surface area contributed by atoms with Crippen LogP contribution in [0.1, 0.15) is 20.7 Å². The number of halogens is 6. The molecular formula is C22H13Cl2F4N3O3S. The number of hydrogen-bond acceptors (Lipinski definition) is 4. The molecule has 0 heterocycles. The highest BCUT2D eigenvalue weighted by molar-refractivity contribution is 7.80. The molecule has 0 saturated heterocycles. The summed E-state index contributed by atoms with van der Waals surface area (Å²) in [6.45, 7) is 0. The van der Waals surface area contributed by atoms with E-state index >= 15 is 0 Å². The first-order valence-corrected chi connectivity index (χ1v) is 10.6. The lowest BCUT2D eigenvalue weighted by Gasteiger charge is -2.13. The smallest absolute Gasteiger partial charge is 0.263 e. The summed E-state index contributed by atoms with van der Waals surface area (Å²) in [7, 11) is 0.805. The van der Waals surface area contributed by atoms with Crippen molar-refractivity contribution in [3.8, 4) is 5.75 Å². The van der Waals surface area contributed by atoms with Crippen LogP contribution in [0.3, 0.4) is 0 Å². The SMILES string of the molecule is COc1c(F)c(F)c(C(=O)NC(=S)Nc2cccc(NC(=O)c3ccc(Cl)cc3Cl)c2)c(F)c1F. The zero-order valence-corrected chi connectivity index (χ0v) is 19.8. The Bertz CT molecular complexity index is 1330. The fraction of sp³-hybridized carbons (Fsp3) is 0.0455. The van der Waals surface area contributed by atoms with E-state index in [1.807, 2.05) is 5.32 Å². The summed E-state index contributed by atoms with van der Waals surface area (Å²) >= 11 is 16.8. The van der Waals surface area contributed by atoms with Gasteiger partial charge >= 0.3 is 0 Å². The van der Waals surface area contributed by atoms with Gasteiger partial charge in [-0.05, 0) is 48.6 Å². The van der Waals surface area contributed by atoms with Crippen molar-refractivity contribution in [2.24, 2.45) is 0 Å². The Morgan fingerprint density at radius 1 is 0.857 bits per heavy atom. The molecule has 0 radical (unpaired) electrons. The lowest BCUT2D eigenvalue weighted by Crippen LogP contribution is -2.35. The van der Waals surface area contributed by atoms with Crippen LogP contribution in [0.15, 0.2) is 42.5 Å². The average Bonchev–Trinajstić information content (AvgIpc) is 2.78. The lowest BCUT2D eigenvalue weighted by atomic mass is 10.1. The van der Waals surface area contributed by atoms with Crippen LogP contribution in [-0.4, -0.2) is 24.0 Å². The minimum Gasteiger partial charge on any atom is -0.491 e. The van der Waals surface area contributed by atoms with Crippen LogP contribution in [0.2, 0.25) is 10.0 Å². The third-order valence-electron chi connectivity index (χ3n) is 4.44. The fourth-order valence-electron chi connectivity index (χ4n) is 2.86. The largest absolute Gasteiger partial charge is 0.491 e. The van der Waals surface area contributed by atoms with Crippen LogP contribution >= 0.6 is 35.4 Å². The van der Waals surface area contributed by atoms with Crippen molar-refractivity contribution in [1.29, 1.82) is 0 Å². The second-order valence-corrected chi connectivity index (χ2v) is 7.98. The van der Waals surface area contributed by atoms with Gasteiger partial charge < -0.3 is 15.4 Å².